The summed E-state index contributed by atoms with van der Waals surface area (Å²) in [4.78, 5) is 2.45. The summed E-state index contributed by atoms with van der Waals surface area (Å²) >= 11 is 5.86. The van der Waals surface area contributed by atoms with Gasteiger partial charge in [0.05, 0.1) is 6.61 Å². The van der Waals surface area contributed by atoms with Gasteiger partial charge in [0.15, 0.2) is 0 Å². The van der Waals surface area contributed by atoms with Crippen molar-refractivity contribution in [2.75, 3.05) is 32.2 Å². The Morgan fingerprint density at radius 3 is 3.00 bits per heavy atom. The molecule has 0 spiro atoms. The average Bonchev–Trinajstić information content (AvgIpc) is 2.60. The van der Waals surface area contributed by atoms with Gasteiger partial charge in [0.25, 0.3) is 0 Å². The van der Waals surface area contributed by atoms with Gasteiger partial charge in [-0.2, -0.15) is 0 Å². The first kappa shape index (κ1) is 11.3. The summed E-state index contributed by atoms with van der Waals surface area (Å²) in [6.45, 7) is 6.14. The Hall–Kier alpha value is 0.210. The summed E-state index contributed by atoms with van der Waals surface area (Å²) in [6, 6.07) is 0.604. The highest BCUT2D eigenvalue weighted by Crippen LogP contribution is 2.17. The second-order valence-electron chi connectivity index (χ2n) is 3.60. The molecule has 0 aliphatic carbocycles. The van der Waals surface area contributed by atoms with Gasteiger partial charge >= 0.3 is 0 Å². The first-order valence-electron chi connectivity index (χ1n) is 5.26. The molecule has 78 valence electrons. The molecule has 1 aliphatic heterocycles. The predicted molar refractivity (Wildman–Crippen MR) is 56.4 cm³/mol. The number of hydrogen-bond donors (Lipinski definition) is 0. The fraction of sp³-hybridized carbons (Fsp3) is 1.00. The first-order valence-corrected chi connectivity index (χ1v) is 5.79. The number of halogens is 1. The van der Waals surface area contributed by atoms with Crippen molar-refractivity contribution in [3.05, 3.63) is 0 Å². The fourth-order valence-corrected chi connectivity index (χ4v) is 2.14. The van der Waals surface area contributed by atoms with Gasteiger partial charge < -0.3 is 4.74 Å². The van der Waals surface area contributed by atoms with Crippen molar-refractivity contribution in [3.63, 3.8) is 0 Å². The molecule has 1 rings (SSSR count). The van der Waals surface area contributed by atoms with E-state index < -0.39 is 0 Å². The van der Waals surface area contributed by atoms with E-state index in [9.17, 15) is 0 Å². The fourth-order valence-electron chi connectivity index (χ4n) is 1.79. The Bertz CT molecular complexity index is 132. The van der Waals surface area contributed by atoms with Gasteiger partial charge in [-0.15, -0.1) is 11.6 Å². The molecular weight excluding hydrogens is 186 g/mol. The molecular formula is C10H20ClNO. The highest BCUT2D eigenvalue weighted by molar-refractivity contribution is 6.18. The SMILES string of the molecule is CCCOCCN1CCCC1CCl. The van der Waals surface area contributed by atoms with Crippen molar-refractivity contribution in [1.82, 2.24) is 4.90 Å². The number of rotatable bonds is 6. The summed E-state index contributed by atoms with van der Waals surface area (Å²) < 4.78 is 5.45. The van der Waals surface area contributed by atoms with E-state index in [4.69, 9.17) is 16.3 Å². The molecule has 13 heavy (non-hydrogen) atoms. The molecule has 0 N–H and O–H groups in total. The van der Waals surface area contributed by atoms with E-state index in [1.54, 1.807) is 0 Å². The standard InChI is InChI=1S/C10H20ClNO/c1-2-7-13-8-6-12-5-3-4-10(12)9-11/h10H,2-9H2,1H3. The van der Waals surface area contributed by atoms with Crippen LogP contribution in [0.1, 0.15) is 26.2 Å². The minimum absolute atomic E-state index is 0.604. The van der Waals surface area contributed by atoms with Crippen molar-refractivity contribution < 1.29 is 4.74 Å². The van der Waals surface area contributed by atoms with E-state index in [0.717, 1.165) is 32.1 Å². The molecule has 1 fully saturated rings. The zero-order valence-electron chi connectivity index (χ0n) is 8.47. The predicted octanol–water partition coefficient (Wildman–Crippen LogP) is 2.12. The zero-order chi connectivity index (χ0) is 9.52. The van der Waals surface area contributed by atoms with Crippen LogP contribution in [-0.4, -0.2) is 43.1 Å². The van der Waals surface area contributed by atoms with Gasteiger partial charge in [-0.3, -0.25) is 4.90 Å². The van der Waals surface area contributed by atoms with Crippen molar-refractivity contribution in [3.8, 4) is 0 Å². The maximum Gasteiger partial charge on any atom is 0.0593 e. The monoisotopic (exact) mass is 205 g/mol. The normalized spacial score (nSPS) is 24.0. The summed E-state index contributed by atoms with van der Waals surface area (Å²) in [7, 11) is 0. The minimum Gasteiger partial charge on any atom is -0.380 e. The Labute approximate surface area is 86.2 Å². The number of likely N-dealkylation sites (tertiary alicyclic amines) is 1. The van der Waals surface area contributed by atoms with E-state index in [1.165, 1.54) is 19.4 Å². The molecule has 1 unspecified atom stereocenters. The Balaban J connectivity index is 2.06. The summed E-state index contributed by atoms with van der Waals surface area (Å²) in [5, 5.41) is 0. The Morgan fingerprint density at radius 1 is 1.46 bits per heavy atom. The van der Waals surface area contributed by atoms with Crippen LogP contribution in [-0.2, 0) is 4.74 Å². The van der Waals surface area contributed by atoms with Crippen molar-refractivity contribution >= 4 is 11.6 Å². The smallest absolute Gasteiger partial charge is 0.0593 e. The molecule has 2 nitrogen and oxygen atoms in total. The van der Waals surface area contributed by atoms with Crippen LogP contribution in [0.25, 0.3) is 0 Å². The van der Waals surface area contributed by atoms with Crippen LogP contribution in [0.5, 0.6) is 0 Å². The lowest BCUT2D eigenvalue weighted by atomic mass is 10.2. The van der Waals surface area contributed by atoms with E-state index in [2.05, 4.69) is 11.8 Å². The molecule has 1 saturated heterocycles. The van der Waals surface area contributed by atoms with Crippen molar-refractivity contribution in [2.24, 2.45) is 0 Å². The van der Waals surface area contributed by atoms with Crippen LogP contribution in [0.15, 0.2) is 0 Å². The van der Waals surface area contributed by atoms with Gasteiger partial charge in [0, 0.05) is 25.1 Å². The molecule has 1 atom stereocenters. The van der Waals surface area contributed by atoms with E-state index >= 15 is 0 Å². The van der Waals surface area contributed by atoms with Crippen LogP contribution in [0, 0.1) is 0 Å². The van der Waals surface area contributed by atoms with Crippen LogP contribution < -0.4 is 0 Å². The molecule has 0 saturated carbocycles. The summed E-state index contributed by atoms with van der Waals surface area (Å²) in [5.74, 6) is 0.772. The van der Waals surface area contributed by atoms with Gasteiger partial charge in [-0.1, -0.05) is 6.92 Å². The lowest BCUT2D eigenvalue weighted by molar-refractivity contribution is 0.102. The lowest BCUT2D eigenvalue weighted by Gasteiger charge is -2.22. The van der Waals surface area contributed by atoms with Crippen LogP contribution in [0.2, 0.25) is 0 Å². The largest absolute Gasteiger partial charge is 0.380 e. The Kier molecular flexibility index (Phi) is 5.76. The second kappa shape index (κ2) is 6.63. The van der Waals surface area contributed by atoms with Gasteiger partial charge in [-0.05, 0) is 25.8 Å². The third-order valence-electron chi connectivity index (χ3n) is 2.55. The molecule has 0 aromatic rings. The van der Waals surface area contributed by atoms with Crippen LogP contribution >= 0.6 is 11.6 Å². The number of hydrogen-bond acceptors (Lipinski definition) is 2. The maximum atomic E-state index is 5.86. The molecule has 1 heterocycles. The zero-order valence-corrected chi connectivity index (χ0v) is 9.22. The number of alkyl halides is 1. The molecule has 0 aromatic carbocycles. The number of ether oxygens (including phenoxy) is 1. The molecule has 3 heteroatoms. The topological polar surface area (TPSA) is 12.5 Å². The summed E-state index contributed by atoms with van der Waals surface area (Å²) in [5.41, 5.74) is 0. The molecule has 0 radical (unpaired) electrons. The van der Waals surface area contributed by atoms with Gasteiger partial charge in [-0.25, -0.2) is 0 Å². The van der Waals surface area contributed by atoms with Crippen molar-refractivity contribution in [1.29, 1.82) is 0 Å². The summed E-state index contributed by atoms with van der Waals surface area (Å²) in [6.07, 6.45) is 3.67. The highest BCUT2D eigenvalue weighted by atomic mass is 35.5. The molecule has 0 bridgehead atoms. The van der Waals surface area contributed by atoms with Gasteiger partial charge in [0.2, 0.25) is 0 Å². The maximum absolute atomic E-state index is 5.86. The quantitative estimate of drug-likeness (QED) is 0.487. The van der Waals surface area contributed by atoms with Gasteiger partial charge in [0.1, 0.15) is 0 Å². The molecule has 0 aromatic heterocycles. The lowest BCUT2D eigenvalue weighted by Crippen LogP contribution is -2.33. The third-order valence-corrected chi connectivity index (χ3v) is 2.90. The van der Waals surface area contributed by atoms with E-state index in [0.29, 0.717) is 6.04 Å². The highest BCUT2D eigenvalue weighted by Gasteiger charge is 2.22. The molecule has 1 aliphatic rings. The van der Waals surface area contributed by atoms with Crippen LogP contribution in [0.3, 0.4) is 0 Å². The van der Waals surface area contributed by atoms with E-state index in [1.807, 2.05) is 0 Å². The van der Waals surface area contributed by atoms with Crippen LogP contribution in [0.4, 0.5) is 0 Å². The number of nitrogens with zero attached hydrogens (tertiary/aromatic N) is 1. The Morgan fingerprint density at radius 2 is 2.31 bits per heavy atom. The van der Waals surface area contributed by atoms with Crippen molar-refractivity contribution in [2.45, 2.75) is 32.2 Å². The minimum atomic E-state index is 0.604. The van der Waals surface area contributed by atoms with E-state index in [-0.39, 0.29) is 0 Å². The first-order chi connectivity index (χ1) is 6.38. The second-order valence-corrected chi connectivity index (χ2v) is 3.91. The average molecular weight is 206 g/mol. The third kappa shape index (κ3) is 3.84. The molecule has 0 amide bonds.